The van der Waals surface area contributed by atoms with E-state index in [1.54, 1.807) is 31.6 Å². The predicted octanol–water partition coefficient (Wildman–Crippen LogP) is 3.09. The molecular formula is C27H29N5O3. The largest absolute Gasteiger partial charge is 0.346 e. The lowest BCUT2D eigenvalue weighted by Crippen LogP contribution is -2.57. The Labute approximate surface area is 205 Å². The van der Waals surface area contributed by atoms with Crippen molar-refractivity contribution in [1.29, 1.82) is 0 Å². The number of hydroxylamine groups is 1. The van der Waals surface area contributed by atoms with Crippen LogP contribution in [0.1, 0.15) is 33.9 Å². The van der Waals surface area contributed by atoms with Crippen LogP contribution in [0.2, 0.25) is 0 Å². The van der Waals surface area contributed by atoms with Crippen molar-refractivity contribution in [3.05, 3.63) is 102 Å². The summed E-state index contributed by atoms with van der Waals surface area (Å²) in [5.41, 5.74) is 5.51. The van der Waals surface area contributed by atoms with E-state index < -0.39 is 0 Å². The number of pyridine rings is 1. The van der Waals surface area contributed by atoms with Gasteiger partial charge in [-0.05, 0) is 23.3 Å². The molecule has 1 unspecified atom stereocenters. The van der Waals surface area contributed by atoms with Gasteiger partial charge in [-0.15, -0.1) is 0 Å². The average molecular weight is 472 g/mol. The summed E-state index contributed by atoms with van der Waals surface area (Å²) in [5.74, 6) is 0.411. The van der Waals surface area contributed by atoms with Crippen LogP contribution in [0.4, 0.5) is 0 Å². The quantitative estimate of drug-likeness (QED) is 0.235. The maximum absolute atomic E-state index is 13.4. The third-order valence-electron chi connectivity index (χ3n) is 6.20. The van der Waals surface area contributed by atoms with Crippen molar-refractivity contribution in [3.63, 3.8) is 0 Å². The number of rotatable bonds is 8. The molecule has 1 saturated heterocycles. The number of carbonyl (C=O) groups is 2. The van der Waals surface area contributed by atoms with Crippen LogP contribution in [0.5, 0.6) is 0 Å². The Hall–Kier alpha value is -4.04. The van der Waals surface area contributed by atoms with Crippen molar-refractivity contribution in [3.8, 4) is 0 Å². The Bertz CT molecular complexity index is 1090. The molecule has 0 radical (unpaired) electrons. The standard InChI is InChI=1S/C27H29N5O3/c1-28-25(30-35-20-33)17-24-19-31(15-16-32(24)27(34)23-13-8-14-29-18-23)26(21-9-4-2-5-10-21)22-11-6-3-7-12-22/h2-14,18,20,24,26H,15-17,19H2,1H3,(H,28,30). The molecular weight excluding hydrogens is 442 g/mol. The molecule has 0 saturated carbocycles. The van der Waals surface area contributed by atoms with Crippen molar-refractivity contribution in [2.24, 2.45) is 4.99 Å². The Morgan fingerprint density at radius 1 is 1.09 bits per heavy atom. The van der Waals surface area contributed by atoms with Crippen LogP contribution in [0.3, 0.4) is 0 Å². The van der Waals surface area contributed by atoms with Crippen molar-refractivity contribution in [1.82, 2.24) is 20.3 Å². The lowest BCUT2D eigenvalue weighted by atomic mass is 9.94. The minimum absolute atomic E-state index is 0.0387. The summed E-state index contributed by atoms with van der Waals surface area (Å²) in [5, 5.41) is 0. The number of carbonyl (C=O) groups excluding carboxylic acids is 2. The lowest BCUT2D eigenvalue weighted by Gasteiger charge is -2.45. The fourth-order valence-corrected chi connectivity index (χ4v) is 4.59. The summed E-state index contributed by atoms with van der Waals surface area (Å²) in [6, 6.07) is 24.2. The van der Waals surface area contributed by atoms with Crippen LogP contribution >= 0.6 is 0 Å². The SMILES string of the molecule is C/N=C(/CC1CN(C(c2ccccc2)c2ccccc2)CCN1C(=O)c1cccnc1)NOC=O. The first kappa shape index (κ1) is 24.1. The maximum Gasteiger partial charge on any atom is 0.320 e. The summed E-state index contributed by atoms with van der Waals surface area (Å²) in [4.78, 5) is 41.5. The second kappa shape index (κ2) is 11.9. The highest BCUT2D eigenvalue weighted by Crippen LogP contribution is 2.31. The smallest absolute Gasteiger partial charge is 0.320 e. The molecule has 180 valence electrons. The van der Waals surface area contributed by atoms with Gasteiger partial charge < -0.3 is 9.74 Å². The first-order valence-corrected chi connectivity index (χ1v) is 11.6. The van der Waals surface area contributed by atoms with E-state index >= 15 is 0 Å². The van der Waals surface area contributed by atoms with Gasteiger partial charge in [0, 0.05) is 45.5 Å². The number of amidine groups is 1. The molecule has 8 nitrogen and oxygen atoms in total. The van der Waals surface area contributed by atoms with E-state index in [2.05, 4.69) is 44.6 Å². The van der Waals surface area contributed by atoms with Crippen LogP contribution < -0.4 is 5.48 Å². The summed E-state index contributed by atoms with van der Waals surface area (Å²) in [7, 11) is 1.63. The van der Waals surface area contributed by atoms with Crippen molar-refractivity contribution in [2.45, 2.75) is 18.5 Å². The van der Waals surface area contributed by atoms with Crippen molar-refractivity contribution >= 4 is 18.2 Å². The second-order valence-corrected chi connectivity index (χ2v) is 8.30. The molecule has 1 amide bonds. The van der Waals surface area contributed by atoms with Gasteiger partial charge in [0.05, 0.1) is 17.6 Å². The number of piperazine rings is 1. The number of hydrogen-bond donors (Lipinski definition) is 1. The highest BCUT2D eigenvalue weighted by Gasteiger charge is 2.35. The van der Waals surface area contributed by atoms with E-state index in [1.165, 1.54) is 11.1 Å². The molecule has 0 aliphatic carbocycles. The molecule has 35 heavy (non-hydrogen) atoms. The molecule has 8 heteroatoms. The number of benzene rings is 2. The van der Waals surface area contributed by atoms with Gasteiger partial charge in [-0.2, -0.15) is 0 Å². The summed E-state index contributed by atoms with van der Waals surface area (Å²) < 4.78 is 0. The Kier molecular flexibility index (Phi) is 8.19. The number of aliphatic imine (C=N–C) groups is 1. The summed E-state index contributed by atoms with van der Waals surface area (Å²) >= 11 is 0. The molecule has 0 bridgehead atoms. The Morgan fingerprint density at radius 2 is 1.77 bits per heavy atom. The maximum atomic E-state index is 13.4. The molecule has 1 aromatic heterocycles. The zero-order valence-electron chi connectivity index (χ0n) is 19.7. The van der Waals surface area contributed by atoms with Gasteiger partial charge in [0.1, 0.15) is 5.84 Å². The molecule has 2 aromatic carbocycles. The van der Waals surface area contributed by atoms with Crippen LogP contribution in [0, 0.1) is 0 Å². The van der Waals surface area contributed by atoms with E-state index in [0.717, 1.165) is 0 Å². The monoisotopic (exact) mass is 471 g/mol. The lowest BCUT2D eigenvalue weighted by molar-refractivity contribution is -0.132. The highest BCUT2D eigenvalue weighted by molar-refractivity contribution is 5.94. The fourth-order valence-electron chi connectivity index (χ4n) is 4.59. The van der Waals surface area contributed by atoms with Gasteiger partial charge in [0.2, 0.25) is 0 Å². The van der Waals surface area contributed by atoms with Gasteiger partial charge in [-0.1, -0.05) is 60.7 Å². The van der Waals surface area contributed by atoms with Gasteiger partial charge in [-0.3, -0.25) is 24.5 Å². The Morgan fingerprint density at radius 3 is 2.34 bits per heavy atom. The van der Waals surface area contributed by atoms with E-state index in [4.69, 9.17) is 4.84 Å². The molecule has 1 aliphatic heterocycles. The first-order valence-electron chi connectivity index (χ1n) is 11.6. The number of aromatic nitrogens is 1. The number of amides is 1. The molecule has 0 spiro atoms. The first-order chi connectivity index (χ1) is 17.2. The van der Waals surface area contributed by atoms with E-state index in [0.29, 0.717) is 43.9 Å². The molecule has 4 rings (SSSR count). The zero-order valence-corrected chi connectivity index (χ0v) is 19.7. The van der Waals surface area contributed by atoms with Crippen LogP contribution in [-0.4, -0.2) is 65.7 Å². The summed E-state index contributed by atoms with van der Waals surface area (Å²) in [6.07, 6.45) is 3.65. The van der Waals surface area contributed by atoms with Gasteiger partial charge >= 0.3 is 6.47 Å². The molecule has 1 atom stereocenters. The third-order valence-corrected chi connectivity index (χ3v) is 6.20. The number of nitrogens with zero attached hydrogens (tertiary/aromatic N) is 4. The number of nitrogens with one attached hydrogen (secondary N) is 1. The zero-order chi connectivity index (χ0) is 24.5. The number of hydrogen-bond acceptors (Lipinski definition) is 6. The van der Waals surface area contributed by atoms with E-state index in [-0.39, 0.29) is 18.0 Å². The highest BCUT2D eigenvalue weighted by atomic mass is 16.7. The van der Waals surface area contributed by atoms with E-state index in [9.17, 15) is 9.59 Å². The van der Waals surface area contributed by atoms with E-state index in [1.807, 2.05) is 41.3 Å². The fraction of sp³-hybridized carbons (Fsp3) is 0.259. The van der Waals surface area contributed by atoms with Crippen molar-refractivity contribution in [2.75, 3.05) is 26.7 Å². The minimum atomic E-state index is -0.201. The van der Waals surface area contributed by atoms with Gasteiger partial charge in [-0.25, -0.2) is 5.48 Å². The topological polar surface area (TPSA) is 87.1 Å². The molecule has 1 aliphatic rings. The van der Waals surface area contributed by atoms with Crippen LogP contribution in [0.25, 0.3) is 0 Å². The van der Waals surface area contributed by atoms with Gasteiger partial charge in [0.15, 0.2) is 0 Å². The average Bonchev–Trinajstić information content (AvgIpc) is 2.92. The Balaban J connectivity index is 1.65. The van der Waals surface area contributed by atoms with Gasteiger partial charge in [0.25, 0.3) is 5.91 Å². The predicted molar refractivity (Wildman–Crippen MR) is 134 cm³/mol. The third kappa shape index (κ3) is 5.91. The van der Waals surface area contributed by atoms with Crippen molar-refractivity contribution < 1.29 is 14.4 Å². The molecule has 3 aromatic rings. The molecule has 2 heterocycles. The summed E-state index contributed by atoms with van der Waals surface area (Å²) in [6.45, 7) is 2.17. The normalized spacial score (nSPS) is 16.7. The second-order valence-electron chi connectivity index (χ2n) is 8.30. The molecule has 1 N–H and O–H groups in total. The minimum Gasteiger partial charge on any atom is -0.346 e. The molecule has 1 fully saturated rings. The van der Waals surface area contributed by atoms with Crippen LogP contribution in [-0.2, 0) is 9.63 Å². The van der Waals surface area contributed by atoms with Crippen LogP contribution in [0.15, 0.2) is 90.2 Å².